The van der Waals surface area contributed by atoms with E-state index in [1.165, 1.54) is 0 Å². The van der Waals surface area contributed by atoms with E-state index < -0.39 is 0 Å². The maximum absolute atomic E-state index is 12.7. The number of Topliss-reactive ketones (excluding diaryl/α,β-unsaturated/α-hetero) is 1. The topological polar surface area (TPSA) is 55.3 Å². The van der Waals surface area contributed by atoms with E-state index in [1.54, 1.807) is 12.4 Å². The van der Waals surface area contributed by atoms with Crippen LogP contribution >= 0.6 is 11.6 Å². The first-order chi connectivity index (χ1) is 13.3. The molecule has 0 atom stereocenters. The first-order valence-corrected chi connectivity index (χ1v) is 10.2. The maximum atomic E-state index is 12.7. The van der Waals surface area contributed by atoms with E-state index in [0.29, 0.717) is 23.9 Å². The Morgan fingerprint density at radius 1 is 1.18 bits per heavy atom. The number of nitrogens with zero attached hydrogens (tertiary/aromatic N) is 3. The van der Waals surface area contributed by atoms with Crippen molar-refractivity contribution in [2.45, 2.75) is 52.2 Å². The molecule has 0 bridgehead atoms. The number of hydrogen-bond acceptors (Lipinski definition) is 5. The zero-order valence-corrected chi connectivity index (χ0v) is 17.6. The molecule has 5 nitrogen and oxygen atoms in total. The lowest BCUT2D eigenvalue weighted by molar-refractivity contribution is -0.123. The number of carbonyl (C=O) groups excluding carboxylic acids is 1. The maximum Gasteiger partial charge on any atom is 0.237 e. The third-order valence-electron chi connectivity index (χ3n) is 4.88. The van der Waals surface area contributed by atoms with Gasteiger partial charge < -0.3 is 4.74 Å². The first-order valence-electron chi connectivity index (χ1n) is 9.79. The third kappa shape index (κ3) is 5.76. The second-order valence-electron chi connectivity index (χ2n) is 8.31. The summed E-state index contributed by atoms with van der Waals surface area (Å²) in [5.41, 5.74) is 1.45. The Morgan fingerprint density at radius 2 is 1.86 bits per heavy atom. The highest BCUT2D eigenvalue weighted by atomic mass is 35.5. The van der Waals surface area contributed by atoms with E-state index >= 15 is 0 Å². The van der Waals surface area contributed by atoms with Gasteiger partial charge in [0.25, 0.3) is 0 Å². The highest BCUT2D eigenvalue weighted by Crippen LogP contribution is 2.25. The number of carbonyl (C=O) groups is 1. The molecule has 0 unspecified atom stereocenters. The van der Waals surface area contributed by atoms with Crippen molar-refractivity contribution in [1.29, 1.82) is 0 Å². The Balaban J connectivity index is 1.55. The fourth-order valence-electron chi connectivity index (χ4n) is 3.44. The van der Waals surface area contributed by atoms with E-state index in [-0.39, 0.29) is 17.3 Å². The second kappa shape index (κ2) is 9.01. The van der Waals surface area contributed by atoms with Crippen molar-refractivity contribution in [1.82, 2.24) is 14.9 Å². The predicted octanol–water partition coefficient (Wildman–Crippen LogP) is 4.33. The van der Waals surface area contributed by atoms with Crippen LogP contribution in [0.3, 0.4) is 0 Å². The molecule has 2 aromatic rings. The second-order valence-corrected chi connectivity index (χ2v) is 8.71. The van der Waals surface area contributed by atoms with Gasteiger partial charge in [-0.2, -0.15) is 0 Å². The molecule has 1 aromatic heterocycles. The Bertz CT molecular complexity index is 811. The van der Waals surface area contributed by atoms with Crippen LogP contribution in [0, 0.1) is 5.92 Å². The molecule has 0 N–H and O–H groups in total. The summed E-state index contributed by atoms with van der Waals surface area (Å²) in [5.74, 6) is 0.968. The predicted molar refractivity (Wildman–Crippen MR) is 111 cm³/mol. The molecule has 1 aliphatic rings. The van der Waals surface area contributed by atoms with Gasteiger partial charge >= 0.3 is 0 Å². The van der Waals surface area contributed by atoms with Gasteiger partial charge in [0, 0.05) is 36.3 Å². The van der Waals surface area contributed by atoms with Crippen molar-refractivity contribution in [2.75, 3.05) is 13.1 Å². The first kappa shape index (κ1) is 20.7. The number of piperidine rings is 1. The number of benzene rings is 1. The van der Waals surface area contributed by atoms with Crippen LogP contribution in [0.1, 0.15) is 44.9 Å². The summed E-state index contributed by atoms with van der Waals surface area (Å²) in [5, 5.41) is 0.669. The Hall–Kier alpha value is -1.98. The van der Waals surface area contributed by atoms with Gasteiger partial charge in [-0.3, -0.25) is 14.7 Å². The largest absolute Gasteiger partial charge is 0.471 e. The van der Waals surface area contributed by atoms with Gasteiger partial charge in [0.05, 0.1) is 0 Å². The van der Waals surface area contributed by atoms with Crippen LogP contribution in [0.25, 0.3) is 0 Å². The van der Waals surface area contributed by atoms with Crippen molar-refractivity contribution in [3.05, 3.63) is 52.9 Å². The molecule has 1 aliphatic heterocycles. The number of aromatic nitrogens is 2. The van der Waals surface area contributed by atoms with Crippen molar-refractivity contribution < 1.29 is 9.53 Å². The highest BCUT2D eigenvalue weighted by molar-refractivity contribution is 6.31. The SMILES string of the molecule is CC(C)(C)Oc1nccnc1CN1CCC(C(=O)Cc2ccccc2Cl)CC1. The number of hydrogen-bond donors (Lipinski definition) is 0. The van der Waals surface area contributed by atoms with Crippen LogP contribution in [0.5, 0.6) is 5.88 Å². The van der Waals surface area contributed by atoms with E-state index in [2.05, 4.69) is 14.9 Å². The minimum absolute atomic E-state index is 0.0969. The molecule has 0 aliphatic carbocycles. The van der Waals surface area contributed by atoms with Crippen molar-refractivity contribution in [3.8, 4) is 5.88 Å². The number of likely N-dealkylation sites (tertiary alicyclic amines) is 1. The summed E-state index contributed by atoms with van der Waals surface area (Å²) in [6.07, 6.45) is 5.49. The van der Waals surface area contributed by atoms with Crippen molar-refractivity contribution in [3.63, 3.8) is 0 Å². The van der Waals surface area contributed by atoms with E-state index in [4.69, 9.17) is 16.3 Å². The van der Waals surface area contributed by atoms with Gasteiger partial charge in [0.2, 0.25) is 5.88 Å². The minimum atomic E-state index is -0.317. The molecule has 3 rings (SSSR count). The smallest absolute Gasteiger partial charge is 0.237 e. The van der Waals surface area contributed by atoms with Crippen LogP contribution in [0.15, 0.2) is 36.7 Å². The molecule has 2 heterocycles. The molecule has 28 heavy (non-hydrogen) atoms. The molecule has 1 saturated heterocycles. The normalized spacial score (nSPS) is 16.1. The van der Waals surface area contributed by atoms with E-state index in [9.17, 15) is 4.79 Å². The number of halogens is 1. The molecule has 1 fully saturated rings. The Kier molecular flexibility index (Phi) is 6.68. The van der Waals surface area contributed by atoms with Gasteiger partial charge in [0.1, 0.15) is 17.1 Å². The summed E-state index contributed by atoms with van der Waals surface area (Å²) in [7, 11) is 0. The van der Waals surface area contributed by atoms with Crippen LogP contribution in [-0.4, -0.2) is 39.3 Å². The van der Waals surface area contributed by atoms with E-state index in [1.807, 2.05) is 45.0 Å². The molecule has 0 radical (unpaired) electrons. The molecule has 1 aromatic carbocycles. The number of ether oxygens (including phenoxy) is 1. The summed E-state index contributed by atoms with van der Waals surface area (Å²) in [6, 6.07) is 7.58. The quantitative estimate of drug-likeness (QED) is 0.721. The van der Waals surface area contributed by atoms with Crippen molar-refractivity contribution >= 4 is 17.4 Å². The molecular weight excluding hydrogens is 374 g/mol. The van der Waals surface area contributed by atoms with Gasteiger partial charge in [-0.1, -0.05) is 29.8 Å². The van der Waals surface area contributed by atoms with Crippen LogP contribution in [0.2, 0.25) is 5.02 Å². The lowest BCUT2D eigenvalue weighted by Gasteiger charge is -2.31. The molecule has 150 valence electrons. The molecule has 6 heteroatoms. The average molecular weight is 402 g/mol. The monoisotopic (exact) mass is 401 g/mol. The van der Waals surface area contributed by atoms with Gasteiger partial charge in [0.15, 0.2) is 0 Å². The standard InChI is InChI=1S/C22H28ClN3O2/c1-22(2,3)28-21-19(24-10-11-25-21)15-26-12-8-16(9-13-26)20(27)14-17-6-4-5-7-18(17)23/h4-7,10-11,16H,8-9,12-15H2,1-3H3. The minimum Gasteiger partial charge on any atom is -0.471 e. The summed E-state index contributed by atoms with van der Waals surface area (Å²) < 4.78 is 5.94. The van der Waals surface area contributed by atoms with Crippen LogP contribution in [0.4, 0.5) is 0 Å². The lowest BCUT2D eigenvalue weighted by atomic mass is 9.89. The van der Waals surface area contributed by atoms with Gasteiger partial charge in [-0.25, -0.2) is 4.98 Å². The molecule has 0 saturated carbocycles. The molecule has 0 spiro atoms. The van der Waals surface area contributed by atoms with Gasteiger partial charge in [-0.05, 0) is 58.3 Å². The van der Waals surface area contributed by atoms with Crippen LogP contribution < -0.4 is 4.74 Å². The fraction of sp³-hybridized carbons (Fsp3) is 0.500. The highest BCUT2D eigenvalue weighted by Gasteiger charge is 2.26. The Morgan fingerprint density at radius 3 is 2.54 bits per heavy atom. The average Bonchev–Trinajstić information content (AvgIpc) is 2.64. The number of ketones is 1. The fourth-order valence-corrected chi connectivity index (χ4v) is 3.64. The van der Waals surface area contributed by atoms with Crippen molar-refractivity contribution in [2.24, 2.45) is 5.92 Å². The molecular formula is C22H28ClN3O2. The Labute approximate surface area is 172 Å². The summed E-state index contributed by atoms with van der Waals surface area (Å²) in [4.78, 5) is 23.8. The third-order valence-corrected chi connectivity index (χ3v) is 5.25. The van der Waals surface area contributed by atoms with E-state index in [0.717, 1.165) is 37.2 Å². The van der Waals surface area contributed by atoms with Crippen LogP contribution in [-0.2, 0) is 17.8 Å². The summed E-state index contributed by atoms with van der Waals surface area (Å²) in [6.45, 7) is 8.42. The number of rotatable bonds is 6. The van der Waals surface area contributed by atoms with Gasteiger partial charge in [-0.15, -0.1) is 0 Å². The zero-order valence-electron chi connectivity index (χ0n) is 16.8. The zero-order chi connectivity index (χ0) is 20.1. The molecule has 0 amide bonds. The lowest BCUT2D eigenvalue weighted by Crippen LogP contribution is -2.37. The summed E-state index contributed by atoms with van der Waals surface area (Å²) >= 11 is 6.20.